The van der Waals surface area contributed by atoms with Crippen LogP contribution in [0.15, 0.2) is 46.0 Å². The van der Waals surface area contributed by atoms with Gasteiger partial charge in [-0.1, -0.05) is 31.5 Å². The SMILES string of the molecule is Cc1cc(C=CC#N)cc(Oc2c(C(C)C)c(=O)[nH]c(=O)n2Cc2cc(N)nc(Cl)c2)c1. The molecule has 8 nitrogen and oxygen atoms in total. The quantitative estimate of drug-likeness (QED) is 0.431. The van der Waals surface area contributed by atoms with Crippen LogP contribution in [0.2, 0.25) is 5.15 Å². The van der Waals surface area contributed by atoms with Gasteiger partial charge in [0.05, 0.1) is 18.2 Å². The number of H-pyrrole nitrogens is 1. The second-order valence-electron chi connectivity index (χ2n) is 7.59. The molecule has 9 heteroatoms. The molecule has 0 atom stereocenters. The van der Waals surface area contributed by atoms with Crippen LogP contribution in [0.25, 0.3) is 6.08 Å². The molecule has 0 radical (unpaired) electrons. The first-order valence-corrected chi connectivity index (χ1v) is 10.2. The highest BCUT2D eigenvalue weighted by Crippen LogP contribution is 2.29. The number of allylic oxidation sites excluding steroid dienone is 1. The van der Waals surface area contributed by atoms with Gasteiger partial charge in [0.15, 0.2) is 0 Å². The van der Waals surface area contributed by atoms with E-state index in [9.17, 15) is 9.59 Å². The molecular weight excluding hydrogens is 430 g/mol. The molecule has 0 unspecified atom stereocenters. The minimum Gasteiger partial charge on any atom is -0.440 e. The predicted molar refractivity (Wildman–Crippen MR) is 124 cm³/mol. The lowest BCUT2D eigenvalue weighted by atomic mass is 10.1. The van der Waals surface area contributed by atoms with E-state index in [2.05, 4.69) is 9.97 Å². The van der Waals surface area contributed by atoms with Gasteiger partial charge in [-0.15, -0.1) is 0 Å². The molecule has 3 N–H and O–H groups in total. The lowest BCUT2D eigenvalue weighted by Crippen LogP contribution is -2.34. The monoisotopic (exact) mass is 451 g/mol. The smallest absolute Gasteiger partial charge is 0.331 e. The molecule has 0 bridgehead atoms. The van der Waals surface area contributed by atoms with Crippen molar-refractivity contribution in [1.82, 2.24) is 14.5 Å². The Hall–Kier alpha value is -3.83. The number of aryl methyl sites for hydroxylation is 1. The molecule has 32 heavy (non-hydrogen) atoms. The van der Waals surface area contributed by atoms with Crippen molar-refractivity contribution >= 4 is 23.5 Å². The van der Waals surface area contributed by atoms with Gasteiger partial charge in [0, 0.05) is 6.08 Å². The van der Waals surface area contributed by atoms with Gasteiger partial charge in [0.1, 0.15) is 16.7 Å². The minimum atomic E-state index is -0.627. The number of ether oxygens (including phenoxy) is 1. The Morgan fingerprint density at radius 3 is 2.69 bits per heavy atom. The maximum Gasteiger partial charge on any atom is 0.331 e. The first-order valence-electron chi connectivity index (χ1n) is 9.82. The van der Waals surface area contributed by atoms with Crippen molar-refractivity contribution in [1.29, 1.82) is 5.26 Å². The van der Waals surface area contributed by atoms with Gasteiger partial charge >= 0.3 is 5.69 Å². The maximum absolute atomic E-state index is 12.8. The summed E-state index contributed by atoms with van der Waals surface area (Å²) in [5.74, 6) is 0.537. The summed E-state index contributed by atoms with van der Waals surface area (Å²) in [6, 6.07) is 10.5. The third-order valence-electron chi connectivity index (χ3n) is 4.62. The van der Waals surface area contributed by atoms with Gasteiger partial charge in [-0.3, -0.25) is 14.3 Å². The Bertz CT molecular complexity index is 1330. The highest BCUT2D eigenvalue weighted by Gasteiger charge is 2.21. The van der Waals surface area contributed by atoms with Gasteiger partial charge in [-0.25, -0.2) is 9.78 Å². The molecule has 0 aliphatic heterocycles. The molecule has 0 spiro atoms. The molecule has 1 aromatic carbocycles. The third kappa shape index (κ3) is 5.25. The third-order valence-corrected chi connectivity index (χ3v) is 4.81. The summed E-state index contributed by atoms with van der Waals surface area (Å²) in [7, 11) is 0. The number of hydrogen-bond acceptors (Lipinski definition) is 6. The van der Waals surface area contributed by atoms with Gasteiger partial charge in [-0.2, -0.15) is 5.26 Å². The summed E-state index contributed by atoms with van der Waals surface area (Å²) in [6.07, 6.45) is 3.01. The molecule has 164 valence electrons. The van der Waals surface area contributed by atoms with Crippen LogP contribution < -0.4 is 21.7 Å². The van der Waals surface area contributed by atoms with Crippen LogP contribution in [-0.4, -0.2) is 14.5 Å². The molecule has 0 saturated carbocycles. The average molecular weight is 452 g/mol. The average Bonchev–Trinajstić information content (AvgIpc) is 2.67. The number of nitrogen functional groups attached to an aromatic ring is 1. The van der Waals surface area contributed by atoms with Crippen LogP contribution in [0.3, 0.4) is 0 Å². The van der Waals surface area contributed by atoms with Crippen LogP contribution in [0.4, 0.5) is 5.82 Å². The Balaban J connectivity index is 2.18. The molecule has 3 aromatic rings. The van der Waals surface area contributed by atoms with Gasteiger partial charge < -0.3 is 10.5 Å². The Labute approximate surface area is 189 Å². The number of nitriles is 1. The summed E-state index contributed by atoms with van der Waals surface area (Å²) in [4.78, 5) is 31.7. The van der Waals surface area contributed by atoms with E-state index < -0.39 is 11.2 Å². The van der Waals surface area contributed by atoms with Crippen LogP contribution >= 0.6 is 11.6 Å². The Morgan fingerprint density at radius 1 is 1.28 bits per heavy atom. The number of hydrogen-bond donors (Lipinski definition) is 2. The summed E-state index contributed by atoms with van der Waals surface area (Å²) in [5.41, 5.74) is 7.24. The number of aromatic amines is 1. The normalized spacial score (nSPS) is 11.1. The van der Waals surface area contributed by atoms with Crippen molar-refractivity contribution in [2.45, 2.75) is 33.2 Å². The van der Waals surface area contributed by atoms with Crippen LogP contribution in [0, 0.1) is 18.3 Å². The van der Waals surface area contributed by atoms with E-state index in [1.165, 1.54) is 10.6 Å². The van der Waals surface area contributed by atoms with Crippen LogP contribution in [0.1, 0.15) is 42.0 Å². The van der Waals surface area contributed by atoms with Crippen molar-refractivity contribution < 1.29 is 4.74 Å². The molecular formula is C23H22ClN5O3. The predicted octanol–water partition coefficient (Wildman–Crippen LogP) is 3.98. The molecule has 2 aromatic heterocycles. The molecule has 2 heterocycles. The molecule has 0 amide bonds. The molecule has 0 aliphatic carbocycles. The van der Waals surface area contributed by atoms with Crippen molar-refractivity contribution in [2.75, 3.05) is 5.73 Å². The van der Waals surface area contributed by atoms with Gasteiger partial charge in [0.2, 0.25) is 5.88 Å². The Kier molecular flexibility index (Phi) is 6.81. The second-order valence-corrected chi connectivity index (χ2v) is 7.97. The summed E-state index contributed by atoms with van der Waals surface area (Å²) in [6.45, 7) is 5.62. The fraction of sp³-hybridized carbons (Fsp3) is 0.217. The van der Waals surface area contributed by atoms with E-state index >= 15 is 0 Å². The van der Waals surface area contributed by atoms with E-state index in [4.69, 9.17) is 27.3 Å². The molecule has 0 aliphatic rings. The Morgan fingerprint density at radius 2 is 2.03 bits per heavy atom. The van der Waals surface area contributed by atoms with E-state index in [0.29, 0.717) is 16.9 Å². The zero-order valence-electron chi connectivity index (χ0n) is 17.8. The number of rotatable bonds is 6. The number of nitrogens with one attached hydrogen (secondary N) is 1. The number of halogens is 1. The topological polar surface area (TPSA) is 127 Å². The summed E-state index contributed by atoms with van der Waals surface area (Å²) >= 11 is 6.01. The van der Waals surface area contributed by atoms with Gasteiger partial charge in [0.25, 0.3) is 5.56 Å². The van der Waals surface area contributed by atoms with E-state index in [0.717, 1.165) is 11.1 Å². The molecule has 0 saturated heterocycles. The number of anilines is 1. The number of benzene rings is 1. The highest BCUT2D eigenvalue weighted by molar-refractivity contribution is 6.29. The zero-order valence-corrected chi connectivity index (χ0v) is 18.6. The van der Waals surface area contributed by atoms with E-state index in [1.807, 2.05) is 32.9 Å². The van der Waals surface area contributed by atoms with Crippen molar-refractivity contribution in [2.24, 2.45) is 0 Å². The number of aromatic nitrogens is 3. The first-order chi connectivity index (χ1) is 15.2. The van der Waals surface area contributed by atoms with Crippen LogP contribution in [-0.2, 0) is 6.54 Å². The lowest BCUT2D eigenvalue weighted by molar-refractivity contribution is 0.410. The van der Waals surface area contributed by atoms with Crippen molar-refractivity contribution in [3.63, 3.8) is 0 Å². The van der Waals surface area contributed by atoms with Crippen molar-refractivity contribution in [3.8, 4) is 17.7 Å². The first kappa shape index (κ1) is 22.8. The lowest BCUT2D eigenvalue weighted by Gasteiger charge is -2.19. The van der Waals surface area contributed by atoms with Crippen LogP contribution in [0.5, 0.6) is 11.6 Å². The minimum absolute atomic E-state index is 0.0596. The standard InChI is InChI=1S/C23H22ClN5O3/c1-13(2)20-21(30)28-23(31)29(12-16-10-18(24)27-19(26)11-16)22(20)32-17-8-14(3)7-15(9-17)5-4-6-25/h4-5,7-11,13H,12H2,1-3H3,(H2,26,27)(H,28,30,31). The fourth-order valence-corrected chi connectivity index (χ4v) is 3.59. The highest BCUT2D eigenvalue weighted by atomic mass is 35.5. The zero-order chi connectivity index (χ0) is 23.4. The number of nitrogens with two attached hydrogens (primary N) is 1. The van der Waals surface area contributed by atoms with Gasteiger partial charge in [-0.05, 0) is 59.9 Å². The van der Waals surface area contributed by atoms with E-state index in [1.54, 1.807) is 30.3 Å². The largest absolute Gasteiger partial charge is 0.440 e. The van der Waals surface area contributed by atoms with Crippen molar-refractivity contribution in [3.05, 3.63) is 84.7 Å². The fourth-order valence-electron chi connectivity index (χ4n) is 3.35. The summed E-state index contributed by atoms with van der Waals surface area (Å²) < 4.78 is 7.47. The number of pyridine rings is 1. The maximum atomic E-state index is 12.8. The molecule has 0 fully saturated rings. The second kappa shape index (κ2) is 9.54. The molecule has 3 rings (SSSR count). The van der Waals surface area contributed by atoms with E-state index in [-0.39, 0.29) is 29.3 Å². The summed E-state index contributed by atoms with van der Waals surface area (Å²) in [5, 5.41) is 9.00. The number of nitrogens with zero attached hydrogens (tertiary/aromatic N) is 3.